The Morgan fingerprint density at radius 1 is 1.44 bits per heavy atom. The molecule has 0 aliphatic carbocycles. The molecule has 1 rings (SSSR count). The summed E-state index contributed by atoms with van der Waals surface area (Å²) in [5.74, 6) is 0. The van der Waals surface area contributed by atoms with Crippen LogP contribution in [-0.2, 0) is 0 Å². The van der Waals surface area contributed by atoms with E-state index in [4.69, 9.17) is 0 Å². The molecule has 1 N–H and O–H groups in total. The van der Waals surface area contributed by atoms with Crippen LogP contribution in [0.5, 0.6) is 0 Å². The van der Waals surface area contributed by atoms with Crippen LogP contribution in [0, 0.1) is 11.3 Å². The molecule has 1 heterocycles. The van der Waals surface area contributed by atoms with Gasteiger partial charge in [0.1, 0.15) is 6.04 Å². The maximum Gasteiger partial charge on any atom is 0.130 e. The topological polar surface area (TPSA) is 39.1 Å². The lowest BCUT2D eigenvalue weighted by atomic mass is 10.2. The largest absolute Gasteiger partial charge is 0.303 e. The van der Waals surface area contributed by atoms with Gasteiger partial charge in [-0.15, -0.1) is 11.3 Å². The van der Waals surface area contributed by atoms with Crippen LogP contribution in [-0.4, -0.2) is 31.1 Å². The Balaban J connectivity index is 2.51. The van der Waals surface area contributed by atoms with Gasteiger partial charge in [-0.3, -0.25) is 5.32 Å². The summed E-state index contributed by atoms with van der Waals surface area (Å²) in [5, 5.41) is 12.5. The number of nitrogens with zero attached hydrogens (tertiary/aromatic N) is 2. The number of hydrogen-bond donors (Lipinski definition) is 1. The molecule has 0 fully saturated rings. The van der Waals surface area contributed by atoms with E-state index < -0.39 is 0 Å². The first-order valence-electron chi connectivity index (χ1n) is 5.92. The molecule has 1 aromatic heterocycles. The molecule has 0 aliphatic heterocycles. The van der Waals surface area contributed by atoms with Crippen molar-refractivity contribution in [2.75, 3.05) is 26.2 Å². The summed E-state index contributed by atoms with van der Waals surface area (Å²) >= 11 is 8.49. The Bertz CT molecular complexity index is 390. The van der Waals surface area contributed by atoms with E-state index in [0.29, 0.717) is 0 Å². The van der Waals surface area contributed by atoms with E-state index in [-0.39, 0.29) is 6.04 Å². The SMILES string of the molecule is CCN(CC)CCNC(C#N)c1cc(Br)c(Br)s1. The van der Waals surface area contributed by atoms with E-state index in [9.17, 15) is 5.26 Å². The molecule has 1 unspecified atom stereocenters. The number of nitriles is 1. The van der Waals surface area contributed by atoms with Crippen LogP contribution in [0.4, 0.5) is 0 Å². The molecule has 0 aromatic carbocycles. The Hall–Kier alpha value is 0.0700. The molecule has 1 atom stereocenters. The van der Waals surface area contributed by atoms with Crippen LogP contribution in [0.1, 0.15) is 24.8 Å². The van der Waals surface area contributed by atoms with Crippen molar-refractivity contribution < 1.29 is 0 Å². The average molecular weight is 395 g/mol. The maximum atomic E-state index is 9.21. The Morgan fingerprint density at radius 3 is 2.56 bits per heavy atom. The van der Waals surface area contributed by atoms with E-state index in [0.717, 1.165) is 39.3 Å². The van der Waals surface area contributed by atoms with Crippen LogP contribution >= 0.6 is 43.2 Å². The monoisotopic (exact) mass is 393 g/mol. The van der Waals surface area contributed by atoms with Crippen LogP contribution < -0.4 is 5.32 Å². The first-order chi connectivity index (χ1) is 8.62. The van der Waals surface area contributed by atoms with Crippen molar-refractivity contribution in [3.8, 4) is 6.07 Å². The van der Waals surface area contributed by atoms with Crippen molar-refractivity contribution in [1.29, 1.82) is 5.26 Å². The predicted molar refractivity (Wildman–Crippen MR) is 83.9 cm³/mol. The summed E-state index contributed by atoms with van der Waals surface area (Å²) in [6, 6.07) is 4.07. The zero-order chi connectivity index (χ0) is 13.5. The van der Waals surface area contributed by atoms with Gasteiger partial charge in [-0.25, -0.2) is 0 Å². The summed E-state index contributed by atoms with van der Waals surface area (Å²) in [4.78, 5) is 3.37. The first kappa shape index (κ1) is 16.1. The average Bonchev–Trinajstić information content (AvgIpc) is 2.70. The number of halogens is 2. The number of nitrogens with one attached hydrogen (secondary N) is 1. The van der Waals surface area contributed by atoms with Gasteiger partial charge in [0, 0.05) is 22.4 Å². The van der Waals surface area contributed by atoms with Gasteiger partial charge in [0.25, 0.3) is 0 Å². The highest BCUT2D eigenvalue weighted by Crippen LogP contribution is 2.35. The molecular formula is C12H17Br2N3S. The van der Waals surface area contributed by atoms with Crippen LogP contribution in [0.25, 0.3) is 0 Å². The van der Waals surface area contributed by atoms with Crippen molar-refractivity contribution in [2.45, 2.75) is 19.9 Å². The summed E-state index contributed by atoms with van der Waals surface area (Å²) in [5.41, 5.74) is 0. The molecule has 0 bridgehead atoms. The molecule has 0 saturated heterocycles. The quantitative estimate of drug-likeness (QED) is 0.764. The van der Waals surface area contributed by atoms with Crippen molar-refractivity contribution in [1.82, 2.24) is 10.2 Å². The summed E-state index contributed by atoms with van der Waals surface area (Å²) in [6.07, 6.45) is 0. The number of thiophene rings is 1. The van der Waals surface area contributed by atoms with Gasteiger partial charge in [-0.2, -0.15) is 5.26 Å². The Labute approximate surface area is 129 Å². The van der Waals surface area contributed by atoms with Gasteiger partial charge in [0.05, 0.1) is 9.86 Å². The molecule has 6 heteroatoms. The smallest absolute Gasteiger partial charge is 0.130 e. The third kappa shape index (κ3) is 4.63. The summed E-state index contributed by atoms with van der Waals surface area (Å²) in [7, 11) is 0. The minimum atomic E-state index is -0.229. The van der Waals surface area contributed by atoms with Crippen molar-refractivity contribution in [2.24, 2.45) is 0 Å². The van der Waals surface area contributed by atoms with Gasteiger partial charge >= 0.3 is 0 Å². The highest BCUT2D eigenvalue weighted by molar-refractivity contribution is 9.13. The highest BCUT2D eigenvalue weighted by Gasteiger charge is 2.14. The molecule has 0 spiro atoms. The van der Waals surface area contributed by atoms with Crippen molar-refractivity contribution in [3.63, 3.8) is 0 Å². The maximum absolute atomic E-state index is 9.21. The fourth-order valence-corrected chi connectivity index (χ4v) is 3.73. The lowest BCUT2D eigenvalue weighted by molar-refractivity contribution is 0.300. The Morgan fingerprint density at radius 2 is 2.11 bits per heavy atom. The molecule has 100 valence electrons. The number of hydrogen-bond acceptors (Lipinski definition) is 4. The van der Waals surface area contributed by atoms with Crippen LogP contribution in [0.3, 0.4) is 0 Å². The second-order valence-electron chi connectivity index (χ2n) is 3.81. The fraction of sp³-hybridized carbons (Fsp3) is 0.583. The summed E-state index contributed by atoms with van der Waals surface area (Å²) in [6.45, 7) is 8.19. The molecule has 0 amide bonds. The van der Waals surface area contributed by atoms with Gasteiger partial charge < -0.3 is 4.90 Å². The van der Waals surface area contributed by atoms with E-state index in [2.05, 4.69) is 62.0 Å². The zero-order valence-electron chi connectivity index (χ0n) is 10.5. The van der Waals surface area contributed by atoms with E-state index in [1.54, 1.807) is 11.3 Å². The highest BCUT2D eigenvalue weighted by atomic mass is 79.9. The molecule has 3 nitrogen and oxygen atoms in total. The third-order valence-electron chi connectivity index (χ3n) is 2.75. The fourth-order valence-electron chi connectivity index (χ4n) is 1.62. The van der Waals surface area contributed by atoms with E-state index in [1.807, 2.05) is 6.07 Å². The molecule has 0 aliphatic rings. The molecule has 0 saturated carbocycles. The standard InChI is InChI=1S/C12H17Br2N3S/c1-3-17(4-2)6-5-16-10(8-15)11-7-9(13)12(14)18-11/h7,10,16H,3-6H2,1-2H3. The normalized spacial score (nSPS) is 12.7. The van der Waals surface area contributed by atoms with Crippen LogP contribution in [0.15, 0.2) is 14.3 Å². The third-order valence-corrected chi connectivity index (χ3v) is 6.07. The zero-order valence-corrected chi connectivity index (χ0v) is 14.5. The molecule has 18 heavy (non-hydrogen) atoms. The molecule has 1 aromatic rings. The Kier molecular flexibility index (Phi) is 7.42. The second-order valence-corrected chi connectivity index (χ2v) is 7.07. The summed E-state index contributed by atoms with van der Waals surface area (Å²) < 4.78 is 2.04. The van der Waals surface area contributed by atoms with Crippen molar-refractivity contribution in [3.05, 3.63) is 19.2 Å². The first-order valence-corrected chi connectivity index (χ1v) is 8.32. The lowest BCUT2D eigenvalue weighted by Crippen LogP contribution is -2.33. The number of likely N-dealkylation sites (N-methyl/N-ethyl adjacent to an activating group) is 1. The van der Waals surface area contributed by atoms with Crippen molar-refractivity contribution >= 4 is 43.2 Å². The predicted octanol–water partition coefficient (Wildman–Crippen LogP) is 3.77. The lowest BCUT2D eigenvalue weighted by Gasteiger charge is -2.19. The molecule has 0 radical (unpaired) electrons. The molecular weight excluding hydrogens is 378 g/mol. The minimum absolute atomic E-state index is 0.229. The minimum Gasteiger partial charge on any atom is -0.303 e. The van der Waals surface area contributed by atoms with Gasteiger partial charge in [-0.1, -0.05) is 13.8 Å². The van der Waals surface area contributed by atoms with Gasteiger partial charge in [-0.05, 0) is 51.0 Å². The van der Waals surface area contributed by atoms with Crippen LogP contribution in [0.2, 0.25) is 0 Å². The van der Waals surface area contributed by atoms with E-state index >= 15 is 0 Å². The second kappa shape index (κ2) is 8.28. The van der Waals surface area contributed by atoms with Gasteiger partial charge in [0.2, 0.25) is 0 Å². The number of rotatable bonds is 7. The van der Waals surface area contributed by atoms with Gasteiger partial charge in [0.15, 0.2) is 0 Å². The van der Waals surface area contributed by atoms with E-state index in [1.165, 1.54) is 0 Å².